The minimum Gasteiger partial charge on any atom is -0.512 e. The lowest BCUT2D eigenvalue weighted by molar-refractivity contribution is -0.142. The number of benzene rings is 2. The van der Waals surface area contributed by atoms with Crippen molar-refractivity contribution in [2.24, 2.45) is 5.11 Å². The number of fused-ring (bicyclic) bond motifs is 1. The van der Waals surface area contributed by atoms with Crippen LogP contribution in [0, 0.1) is 0 Å². The first-order valence-corrected chi connectivity index (χ1v) is 11.6. The third-order valence-corrected chi connectivity index (χ3v) is 5.37. The molecule has 0 radical (unpaired) electrons. The van der Waals surface area contributed by atoms with Crippen molar-refractivity contribution in [1.82, 2.24) is 0 Å². The van der Waals surface area contributed by atoms with Crippen LogP contribution in [-0.4, -0.2) is 17.7 Å². The van der Waals surface area contributed by atoms with E-state index in [1.807, 2.05) is 50.2 Å². The lowest BCUT2D eigenvalue weighted by Gasteiger charge is -2.15. The zero-order chi connectivity index (χ0) is 25.2. The van der Waals surface area contributed by atoms with Gasteiger partial charge in [0.1, 0.15) is 22.9 Å². The Morgan fingerprint density at radius 1 is 1.17 bits per heavy atom. The molecule has 1 N–H and O–H groups in total. The van der Waals surface area contributed by atoms with Gasteiger partial charge in [0.05, 0.1) is 25.8 Å². The summed E-state index contributed by atoms with van der Waals surface area (Å²) in [6.45, 7) is 6.05. The molecule has 8 heteroatoms. The summed E-state index contributed by atoms with van der Waals surface area (Å²) < 4.78 is 17.0. The third-order valence-electron chi connectivity index (χ3n) is 5.37. The fourth-order valence-electron chi connectivity index (χ4n) is 3.68. The van der Waals surface area contributed by atoms with Crippen molar-refractivity contribution < 1.29 is 23.8 Å². The van der Waals surface area contributed by atoms with Crippen LogP contribution >= 0.6 is 0 Å². The van der Waals surface area contributed by atoms with Crippen LogP contribution in [0.1, 0.15) is 50.3 Å². The fraction of sp³-hybridized carbons (Fsp3) is 0.296. The summed E-state index contributed by atoms with van der Waals surface area (Å²) in [7, 11) is 0. The van der Waals surface area contributed by atoms with E-state index < -0.39 is 0 Å². The molecule has 182 valence electrons. The van der Waals surface area contributed by atoms with Crippen LogP contribution in [0.3, 0.4) is 0 Å². The molecular weight excluding hydrogens is 446 g/mol. The summed E-state index contributed by atoms with van der Waals surface area (Å²) in [4.78, 5) is 14.9. The second-order valence-corrected chi connectivity index (χ2v) is 7.74. The molecule has 1 aromatic heterocycles. The number of azide groups is 1. The SMILES string of the molecule is CCOC(=O)Cc1ccccc1O/C(=C/C(=C(/O)CC)c1cc(CN=[N+]=[N-])cc2ccoc12)CC. The molecule has 0 aliphatic carbocycles. The number of rotatable bonds is 11. The predicted octanol–water partition coefficient (Wildman–Crippen LogP) is 7.40. The number of nitrogens with zero attached hydrogens (tertiary/aromatic N) is 3. The van der Waals surface area contributed by atoms with Gasteiger partial charge in [0.15, 0.2) is 0 Å². The van der Waals surface area contributed by atoms with Crippen molar-refractivity contribution in [1.29, 1.82) is 0 Å². The molecule has 2 aromatic carbocycles. The van der Waals surface area contributed by atoms with E-state index in [0.29, 0.717) is 53.2 Å². The number of aliphatic hydroxyl groups is 1. The van der Waals surface area contributed by atoms with Crippen LogP contribution in [0.15, 0.2) is 75.9 Å². The Balaban J connectivity index is 2.05. The zero-order valence-corrected chi connectivity index (χ0v) is 20.2. The number of para-hydroxylation sites is 1. The van der Waals surface area contributed by atoms with Crippen LogP contribution in [0.4, 0.5) is 0 Å². The molecule has 0 bridgehead atoms. The number of allylic oxidation sites excluding steroid dienone is 4. The standard InChI is InChI=1S/C27H29N3O5/c1-4-21(35-25-10-8-7-9-19(25)15-26(32)33-6-3)16-22(24(31)5-2)23-14-18(17-29-30-28)13-20-11-12-34-27(20)23/h7-14,16,31H,4-6,15,17H2,1-3H3/b21-16+,24-22-. The number of ether oxygens (including phenoxy) is 2. The van der Waals surface area contributed by atoms with Crippen LogP contribution in [0.5, 0.6) is 5.75 Å². The van der Waals surface area contributed by atoms with Crippen molar-refractivity contribution in [3.05, 3.63) is 93.5 Å². The Hall–Kier alpha value is -4.16. The van der Waals surface area contributed by atoms with Crippen LogP contribution in [0.25, 0.3) is 27.0 Å². The Morgan fingerprint density at radius 2 is 1.97 bits per heavy atom. The smallest absolute Gasteiger partial charge is 0.310 e. The molecule has 0 aliphatic heterocycles. The van der Waals surface area contributed by atoms with Gasteiger partial charge in [-0.05, 0) is 48.4 Å². The lowest BCUT2D eigenvalue weighted by Crippen LogP contribution is -2.09. The molecule has 0 saturated carbocycles. The highest BCUT2D eigenvalue weighted by Crippen LogP contribution is 2.33. The summed E-state index contributed by atoms with van der Waals surface area (Å²) in [5, 5.41) is 15.4. The van der Waals surface area contributed by atoms with E-state index in [1.54, 1.807) is 25.3 Å². The van der Waals surface area contributed by atoms with E-state index in [9.17, 15) is 9.90 Å². The monoisotopic (exact) mass is 475 g/mol. The van der Waals surface area contributed by atoms with Crippen molar-refractivity contribution in [2.45, 2.75) is 46.6 Å². The van der Waals surface area contributed by atoms with Crippen LogP contribution in [0.2, 0.25) is 0 Å². The summed E-state index contributed by atoms with van der Waals surface area (Å²) in [6.07, 6.45) is 4.39. The van der Waals surface area contributed by atoms with E-state index in [0.717, 1.165) is 10.9 Å². The van der Waals surface area contributed by atoms with Gasteiger partial charge in [-0.1, -0.05) is 37.2 Å². The van der Waals surface area contributed by atoms with Gasteiger partial charge in [-0.3, -0.25) is 4.79 Å². The number of hydrogen-bond acceptors (Lipinski definition) is 6. The Morgan fingerprint density at radius 3 is 2.69 bits per heavy atom. The quantitative estimate of drug-likeness (QED) is 0.0774. The van der Waals surface area contributed by atoms with Gasteiger partial charge in [-0.15, -0.1) is 0 Å². The number of esters is 1. The maximum atomic E-state index is 12.0. The lowest BCUT2D eigenvalue weighted by atomic mass is 9.97. The van der Waals surface area contributed by atoms with Crippen molar-refractivity contribution in [2.75, 3.05) is 6.61 Å². The molecule has 0 aliphatic rings. The van der Waals surface area contributed by atoms with E-state index in [-0.39, 0.29) is 24.7 Å². The molecule has 8 nitrogen and oxygen atoms in total. The first-order valence-electron chi connectivity index (χ1n) is 11.6. The molecule has 0 saturated heterocycles. The highest BCUT2D eigenvalue weighted by atomic mass is 16.5. The topological polar surface area (TPSA) is 118 Å². The van der Waals surface area contributed by atoms with Gasteiger partial charge >= 0.3 is 5.97 Å². The maximum Gasteiger partial charge on any atom is 0.310 e. The molecule has 35 heavy (non-hydrogen) atoms. The molecule has 0 amide bonds. The largest absolute Gasteiger partial charge is 0.512 e. The summed E-state index contributed by atoms with van der Waals surface area (Å²) in [6, 6.07) is 12.9. The molecule has 3 aromatic rings. The normalized spacial score (nSPS) is 12.1. The van der Waals surface area contributed by atoms with Crippen molar-refractivity contribution >= 4 is 22.5 Å². The van der Waals surface area contributed by atoms with Gasteiger partial charge in [0.25, 0.3) is 0 Å². The maximum absolute atomic E-state index is 12.0. The van der Waals surface area contributed by atoms with Gasteiger partial charge < -0.3 is 19.0 Å². The first-order chi connectivity index (χ1) is 17.0. The van der Waals surface area contributed by atoms with Gasteiger partial charge in [0, 0.05) is 39.8 Å². The first kappa shape index (κ1) is 25.5. The highest BCUT2D eigenvalue weighted by Gasteiger charge is 2.16. The summed E-state index contributed by atoms with van der Waals surface area (Å²) >= 11 is 0. The third kappa shape index (κ3) is 6.46. The van der Waals surface area contributed by atoms with Gasteiger partial charge in [-0.2, -0.15) is 0 Å². The number of furan rings is 1. The number of aliphatic hydroxyl groups excluding tert-OH is 1. The zero-order valence-electron chi connectivity index (χ0n) is 20.2. The van der Waals surface area contributed by atoms with E-state index in [4.69, 9.17) is 19.4 Å². The predicted molar refractivity (Wildman–Crippen MR) is 135 cm³/mol. The van der Waals surface area contributed by atoms with Gasteiger partial charge in [-0.25, -0.2) is 0 Å². The second kappa shape index (κ2) is 12.3. The van der Waals surface area contributed by atoms with Crippen LogP contribution in [-0.2, 0) is 22.5 Å². The fourth-order valence-corrected chi connectivity index (χ4v) is 3.68. The van der Waals surface area contributed by atoms with Crippen molar-refractivity contribution in [3.8, 4) is 5.75 Å². The van der Waals surface area contributed by atoms with Gasteiger partial charge in [0.2, 0.25) is 0 Å². The Kier molecular flexibility index (Phi) is 8.98. The molecule has 0 atom stereocenters. The average Bonchev–Trinajstić information content (AvgIpc) is 3.34. The highest BCUT2D eigenvalue weighted by molar-refractivity contribution is 5.93. The van der Waals surface area contributed by atoms with Crippen molar-refractivity contribution in [3.63, 3.8) is 0 Å². The molecule has 0 spiro atoms. The van der Waals surface area contributed by atoms with E-state index in [2.05, 4.69) is 10.0 Å². The molecule has 1 heterocycles. The molecule has 0 fully saturated rings. The van der Waals surface area contributed by atoms with E-state index >= 15 is 0 Å². The van der Waals surface area contributed by atoms with E-state index in [1.165, 1.54) is 0 Å². The molecule has 3 rings (SSSR count). The Bertz CT molecular complexity index is 1300. The Labute approximate surface area is 204 Å². The average molecular weight is 476 g/mol. The minimum atomic E-state index is -0.327. The number of carbonyl (C=O) groups is 1. The second-order valence-electron chi connectivity index (χ2n) is 7.74. The number of carbonyl (C=O) groups excluding carboxylic acids is 1. The van der Waals surface area contributed by atoms with Crippen LogP contribution < -0.4 is 4.74 Å². The summed E-state index contributed by atoms with van der Waals surface area (Å²) in [5.41, 5.74) is 12.1. The number of hydrogen-bond donors (Lipinski definition) is 1. The molecular formula is C27H29N3O5. The molecule has 0 unspecified atom stereocenters. The minimum absolute atomic E-state index is 0.0956. The summed E-state index contributed by atoms with van der Waals surface area (Å²) in [5.74, 6) is 0.977.